The maximum Gasteiger partial charge on any atom is 0.336 e. The number of benzene rings is 1. The van der Waals surface area contributed by atoms with Crippen LogP contribution in [0.1, 0.15) is 33.3 Å². The van der Waals surface area contributed by atoms with Crippen LogP contribution >= 0.6 is 0 Å². The zero-order valence-corrected chi connectivity index (χ0v) is 13.5. The topological polar surface area (TPSA) is 68.5 Å². The van der Waals surface area contributed by atoms with E-state index in [0.717, 1.165) is 10.9 Å². The molecule has 1 aromatic carbocycles. The number of hydrogen-bond acceptors (Lipinski definition) is 4. The van der Waals surface area contributed by atoms with Gasteiger partial charge in [0, 0.05) is 23.1 Å². The minimum absolute atomic E-state index is 0.196. The molecule has 0 unspecified atom stereocenters. The summed E-state index contributed by atoms with van der Waals surface area (Å²) in [5.74, 6) is 0.288. The van der Waals surface area contributed by atoms with Gasteiger partial charge in [-0.15, -0.1) is 0 Å². The van der Waals surface area contributed by atoms with Crippen molar-refractivity contribution in [1.82, 2.24) is 5.32 Å². The van der Waals surface area contributed by atoms with E-state index in [1.54, 1.807) is 19.1 Å². The lowest BCUT2D eigenvalue weighted by Crippen LogP contribution is -2.46. The zero-order valence-electron chi connectivity index (χ0n) is 13.5. The molecule has 1 heterocycles. The lowest BCUT2D eigenvalue weighted by atomic mass is 10.1. The van der Waals surface area contributed by atoms with Gasteiger partial charge in [-0.25, -0.2) is 4.79 Å². The van der Waals surface area contributed by atoms with Crippen LogP contribution in [-0.4, -0.2) is 17.6 Å². The number of fused-ring (bicyclic) bond motifs is 1. The number of aryl methyl sites for hydroxylation is 1. The number of ether oxygens (including phenoxy) is 1. The zero-order chi connectivity index (χ0) is 16.5. The minimum Gasteiger partial charge on any atom is -0.481 e. The molecule has 0 fully saturated rings. The fourth-order valence-electron chi connectivity index (χ4n) is 2.11. The molecule has 0 aliphatic carbocycles. The Balaban J connectivity index is 2.21. The Morgan fingerprint density at radius 1 is 1.27 bits per heavy atom. The van der Waals surface area contributed by atoms with E-state index in [9.17, 15) is 9.59 Å². The first-order valence-electron chi connectivity index (χ1n) is 7.19. The molecule has 0 spiro atoms. The van der Waals surface area contributed by atoms with E-state index in [-0.39, 0.29) is 11.4 Å². The van der Waals surface area contributed by atoms with Crippen LogP contribution in [0.2, 0.25) is 0 Å². The standard InChI is InChI=1S/C17H21NO4/c1-10-8-15(19)22-14-9-12(6-7-13(10)14)21-11(2)16(20)18-17(3,4)5/h6-9,11H,1-5H3,(H,18,20)/t11-/m0/s1. The van der Waals surface area contributed by atoms with Gasteiger partial charge in [0.25, 0.3) is 5.91 Å². The molecule has 0 bridgehead atoms. The van der Waals surface area contributed by atoms with Gasteiger partial charge >= 0.3 is 5.63 Å². The average molecular weight is 303 g/mol. The molecule has 1 amide bonds. The van der Waals surface area contributed by atoms with E-state index in [0.29, 0.717) is 11.3 Å². The molecular formula is C17H21NO4. The van der Waals surface area contributed by atoms with Gasteiger partial charge in [0.1, 0.15) is 11.3 Å². The van der Waals surface area contributed by atoms with Crippen LogP contribution < -0.4 is 15.7 Å². The summed E-state index contributed by atoms with van der Waals surface area (Å²) < 4.78 is 10.8. The van der Waals surface area contributed by atoms with Crippen LogP contribution in [0.25, 0.3) is 11.0 Å². The largest absolute Gasteiger partial charge is 0.481 e. The summed E-state index contributed by atoms with van der Waals surface area (Å²) >= 11 is 0. The highest BCUT2D eigenvalue weighted by Crippen LogP contribution is 2.23. The quantitative estimate of drug-likeness (QED) is 0.885. The molecule has 0 saturated carbocycles. The highest BCUT2D eigenvalue weighted by atomic mass is 16.5. The summed E-state index contributed by atoms with van der Waals surface area (Å²) in [5, 5.41) is 3.70. The van der Waals surface area contributed by atoms with Crippen LogP contribution in [0.15, 0.2) is 33.5 Å². The predicted octanol–water partition coefficient (Wildman–Crippen LogP) is 2.78. The molecule has 0 aliphatic rings. The molecule has 2 rings (SSSR count). The molecule has 1 atom stereocenters. The van der Waals surface area contributed by atoms with Crippen molar-refractivity contribution in [2.45, 2.75) is 46.3 Å². The van der Waals surface area contributed by atoms with Gasteiger partial charge in [-0.1, -0.05) is 0 Å². The van der Waals surface area contributed by atoms with Crippen molar-refractivity contribution in [2.75, 3.05) is 0 Å². The van der Waals surface area contributed by atoms with Crippen molar-refractivity contribution in [3.8, 4) is 5.75 Å². The fourth-order valence-corrected chi connectivity index (χ4v) is 2.11. The molecule has 1 N–H and O–H groups in total. The van der Waals surface area contributed by atoms with E-state index in [1.165, 1.54) is 6.07 Å². The van der Waals surface area contributed by atoms with E-state index < -0.39 is 11.7 Å². The Hall–Kier alpha value is -2.30. The van der Waals surface area contributed by atoms with E-state index in [4.69, 9.17) is 9.15 Å². The third kappa shape index (κ3) is 3.87. The van der Waals surface area contributed by atoms with Gasteiger partial charge in [0.05, 0.1) is 0 Å². The predicted molar refractivity (Wildman–Crippen MR) is 85.2 cm³/mol. The van der Waals surface area contributed by atoms with Crippen molar-refractivity contribution in [1.29, 1.82) is 0 Å². The van der Waals surface area contributed by atoms with E-state index >= 15 is 0 Å². The van der Waals surface area contributed by atoms with Crippen LogP contribution in [0.4, 0.5) is 0 Å². The average Bonchev–Trinajstić information content (AvgIpc) is 2.35. The number of carbonyl (C=O) groups excluding carboxylic acids is 1. The van der Waals surface area contributed by atoms with Gasteiger partial charge in [0.2, 0.25) is 0 Å². The second-order valence-electron chi connectivity index (χ2n) is 6.41. The lowest BCUT2D eigenvalue weighted by molar-refractivity contribution is -0.128. The Bertz CT molecular complexity index is 755. The molecule has 5 heteroatoms. The molecule has 0 radical (unpaired) electrons. The summed E-state index contributed by atoms with van der Waals surface area (Å²) in [6.07, 6.45) is -0.645. The molecule has 1 aromatic heterocycles. The molecule has 118 valence electrons. The lowest BCUT2D eigenvalue weighted by Gasteiger charge is -2.23. The van der Waals surface area contributed by atoms with Crippen LogP contribution in [0.3, 0.4) is 0 Å². The van der Waals surface area contributed by atoms with Gasteiger partial charge in [-0.2, -0.15) is 0 Å². The highest BCUT2D eigenvalue weighted by Gasteiger charge is 2.20. The first-order valence-corrected chi connectivity index (χ1v) is 7.19. The second kappa shape index (κ2) is 5.83. The number of hydrogen-bond donors (Lipinski definition) is 1. The fraction of sp³-hybridized carbons (Fsp3) is 0.412. The number of amides is 1. The smallest absolute Gasteiger partial charge is 0.336 e. The molecular weight excluding hydrogens is 282 g/mol. The van der Waals surface area contributed by atoms with Crippen molar-refractivity contribution in [3.63, 3.8) is 0 Å². The van der Waals surface area contributed by atoms with Crippen LogP contribution in [0, 0.1) is 6.92 Å². The maximum atomic E-state index is 12.0. The van der Waals surface area contributed by atoms with Crippen molar-refractivity contribution >= 4 is 16.9 Å². The summed E-state index contributed by atoms with van der Waals surface area (Å²) in [7, 11) is 0. The van der Waals surface area contributed by atoms with Crippen LogP contribution in [-0.2, 0) is 4.79 Å². The van der Waals surface area contributed by atoms with Gasteiger partial charge < -0.3 is 14.5 Å². The van der Waals surface area contributed by atoms with Crippen molar-refractivity contribution in [2.24, 2.45) is 0 Å². The maximum absolute atomic E-state index is 12.0. The summed E-state index contributed by atoms with van der Waals surface area (Å²) in [5.41, 5.74) is 0.574. The SMILES string of the molecule is Cc1cc(=O)oc2cc(O[C@@H](C)C(=O)NC(C)(C)C)ccc12. The summed E-state index contributed by atoms with van der Waals surface area (Å²) in [6.45, 7) is 9.25. The molecule has 0 saturated heterocycles. The minimum atomic E-state index is -0.645. The van der Waals surface area contributed by atoms with E-state index in [1.807, 2.05) is 33.8 Å². The van der Waals surface area contributed by atoms with E-state index in [2.05, 4.69) is 5.32 Å². The van der Waals surface area contributed by atoms with Gasteiger partial charge in [-0.3, -0.25) is 4.79 Å². The van der Waals surface area contributed by atoms with Crippen LogP contribution in [0.5, 0.6) is 5.75 Å². The first-order chi connectivity index (χ1) is 10.2. The van der Waals surface area contributed by atoms with Gasteiger partial charge in [-0.05, 0) is 52.3 Å². The Morgan fingerprint density at radius 3 is 2.59 bits per heavy atom. The molecule has 22 heavy (non-hydrogen) atoms. The monoisotopic (exact) mass is 303 g/mol. The summed E-state index contributed by atoms with van der Waals surface area (Å²) in [4.78, 5) is 23.5. The molecule has 2 aromatic rings. The third-order valence-corrected chi connectivity index (χ3v) is 3.10. The number of rotatable bonds is 3. The highest BCUT2D eigenvalue weighted by molar-refractivity contribution is 5.83. The molecule has 5 nitrogen and oxygen atoms in total. The van der Waals surface area contributed by atoms with Crippen molar-refractivity contribution < 1.29 is 13.9 Å². The van der Waals surface area contributed by atoms with Crippen molar-refractivity contribution in [3.05, 3.63) is 40.2 Å². The first kappa shape index (κ1) is 16.1. The normalized spacial score (nSPS) is 13.0. The Kier molecular flexibility index (Phi) is 4.26. The Labute approximate surface area is 129 Å². The number of carbonyl (C=O) groups is 1. The third-order valence-electron chi connectivity index (χ3n) is 3.10. The molecule has 0 aliphatic heterocycles. The second-order valence-corrected chi connectivity index (χ2v) is 6.41. The Morgan fingerprint density at radius 2 is 1.95 bits per heavy atom. The number of nitrogens with one attached hydrogen (secondary N) is 1. The summed E-state index contributed by atoms with van der Waals surface area (Å²) in [6, 6.07) is 6.65. The van der Waals surface area contributed by atoms with Gasteiger partial charge in [0.15, 0.2) is 6.10 Å².